The van der Waals surface area contributed by atoms with Crippen LogP contribution < -0.4 is 11.1 Å². The van der Waals surface area contributed by atoms with Crippen molar-refractivity contribution in [2.45, 2.75) is 44.0 Å². The molecule has 20 heavy (non-hydrogen) atoms. The Morgan fingerprint density at radius 2 is 2.10 bits per heavy atom. The van der Waals surface area contributed by atoms with Crippen LogP contribution >= 0.6 is 11.8 Å². The predicted molar refractivity (Wildman–Crippen MR) is 86.6 cm³/mol. The van der Waals surface area contributed by atoms with Crippen LogP contribution in [0.15, 0.2) is 23.1 Å². The molecular weight excluding hydrogens is 268 g/mol. The van der Waals surface area contributed by atoms with Crippen LogP contribution in [0, 0.1) is 19.3 Å². The number of hydrogen-bond acceptors (Lipinski definition) is 3. The third-order valence-electron chi connectivity index (χ3n) is 3.50. The number of rotatable bonds is 6. The molecule has 0 aliphatic heterocycles. The normalized spacial score (nSPS) is 10.9. The topological polar surface area (TPSA) is 55.1 Å². The van der Waals surface area contributed by atoms with Crippen molar-refractivity contribution >= 4 is 23.4 Å². The molecular formula is C16H22N2OS. The number of nitrogens with two attached hydrogens (primary N) is 1. The largest absolute Gasteiger partial charge is 0.398 e. The van der Waals surface area contributed by atoms with Gasteiger partial charge >= 0.3 is 0 Å². The van der Waals surface area contributed by atoms with Gasteiger partial charge in [0.2, 0.25) is 5.91 Å². The van der Waals surface area contributed by atoms with Crippen LogP contribution in [0.5, 0.6) is 0 Å². The van der Waals surface area contributed by atoms with Gasteiger partial charge in [0, 0.05) is 10.6 Å². The Morgan fingerprint density at radius 1 is 1.45 bits per heavy atom. The van der Waals surface area contributed by atoms with Crippen LogP contribution in [-0.2, 0) is 4.79 Å². The van der Waals surface area contributed by atoms with Gasteiger partial charge in [0.25, 0.3) is 0 Å². The summed E-state index contributed by atoms with van der Waals surface area (Å²) < 4.78 is 0. The molecule has 1 amide bonds. The van der Waals surface area contributed by atoms with Crippen LogP contribution in [0.4, 0.5) is 5.69 Å². The Morgan fingerprint density at radius 3 is 2.65 bits per heavy atom. The maximum atomic E-state index is 12.0. The lowest BCUT2D eigenvalue weighted by molar-refractivity contribution is -0.119. The van der Waals surface area contributed by atoms with Crippen molar-refractivity contribution in [2.24, 2.45) is 0 Å². The van der Waals surface area contributed by atoms with Gasteiger partial charge in [-0.3, -0.25) is 4.79 Å². The smallest absolute Gasteiger partial charge is 0.231 e. The van der Waals surface area contributed by atoms with Crippen molar-refractivity contribution in [3.05, 3.63) is 23.8 Å². The lowest BCUT2D eigenvalue weighted by atomic mass is 9.94. The highest BCUT2D eigenvalue weighted by Gasteiger charge is 2.25. The van der Waals surface area contributed by atoms with Gasteiger partial charge in [0.1, 0.15) is 5.54 Å². The number of anilines is 1. The van der Waals surface area contributed by atoms with E-state index in [1.54, 1.807) is 0 Å². The first-order chi connectivity index (χ1) is 9.48. The van der Waals surface area contributed by atoms with Crippen LogP contribution in [0.3, 0.4) is 0 Å². The second kappa shape index (κ2) is 7.25. The zero-order valence-corrected chi connectivity index (χ0v) is 13.1. The molecule has 0 radical (unpaired) electrons. The van der Waals surface area contributed by atoms with E-state index in [2.05, 4.69) is 11.2 Å². The van der Waals surface area contributed by atoms with Gasteiger partial charge in [0.05, 0.1) is 5.75 Å². The summed E-state index contributed by atoms with van der Waals surface area (Å²) in [5.41, 5.74) is 7.22. The summed E-state index contributed by atoms with van der Waals surface area (Å²) in [5.74, 6) is 2.96. The second-order valence-corrected chi connectivity index (χ2v) is 5.77. The van der Waals surface area contributed by atoms with E-state index in [4.69, 9.17) is 12.2 Å². The number of carbonyl (C=O) groups is 1. The number of para-hydroxylation sites is 1. The molecule has 4 heteroatoms. The molecule has 0 unspecified atom stereocenters. The number of aryl methyl sites for hydroxylation is 1. The Hall–Kier alpha value is -1.60. The Kier molecular flexibility index (Phi) is 5.97. The highest BCUT2D eigenvalue weighted by atomic mass is 32.2. The molecule has 1 aromatic carbocycles. The zero-order valence-electron chi connectivity index (χ0n) is 12.3. The summed E-state index contributed by atoms with van der Waals surface area (Å²) in [6.45, 7) is 5.92. The molecule has 0 fully saturated rings. The molecule has 0 bridgehead atoms. The maximum Gasteiger partial charge on any atom is 0.231 e. The molecule has 0 aliphatic carbocycles. The van der Waals surface area contributed by atoms with Crippen LogP contribution in [-0.4, -0.2) is 17.2 Å². The molecule has 108 valence electrons. The number of hydrogen-bond donors (Lipinski definition) is 2. The third kappa shape index (κ3) is 3.94. The number of amides is 1. The number of terminal acetylenes is 1. The van der Waals surface area contributed by atoms with Gasteiger partial charge in [-0.25, -0.2) is 0 Å². The number of nitrogens with one attached hydrogen (secondary N) is 1. The minimum atomic E-state index is -0.532. The van der Waals surface area contributed by atoms with Crippen molar-refractivity contribution < 1.29 is 4.79 Å². The molecule has 0 aromatic heterocycles. The minimum absolute atomic E-state index is 0.0578. The monoisotopic (exact) mass is 290 g/mol. The van der Waals surface area contributed by atoms with Gasteiger partial charge in [-0.15, -0.1) is 18.2 Å². The van der Waals surface area contributed by atoms with Crippen LogP contribution in [0.2, 0.25) is 0 Å². The molecule has 1 aromatic rings. The molecule has 3 N–H and O–H groups in total. The number of benzene rings is 1. The van der Waals surface area contributed by atoms with E-state index in [0.717, 1.165) is 29.0 Å². The molecule has 0 spiro atoms. The van der Waals surface area contributed by atoms with E-state index in [1.165, 1.54) is 11.8 Å². The second-order valence-electron chi connectivity index (χ2n) is 4.76. The summed E-state index contributed by atoms with van der Waals surface area (Å²) in [7, 11) is 0. The molecule has 0 aliphatic rings. The first-order valence-corrected chi connectivity index (χ1v) is 7.73. The van der Waals surface area contributed by atoms with Crippen molar-refractivity contribution in [1.29, 1.82) is 0 Å². The predicted octanol–water partition coefficient (Wildman–Crippen LogP) is 2.98. The van der Waals surface area contributed by atoms with Gasteiger partial charge in [0.15, 0.2) is 0 Å². The van der Waals surface area contributed by atoms with E-state index in [9.17, 15) is 4.79 Å². The Bertz CT molecular complexity index is 516. The van der Waals surface area contributed by atoms with E-state index in [-0.39, 0.29) is 5.91 Å². The van der Waals surface area contributed by atoms with Gasteiger partial charge in [-0.1, -0.05) is 31.9 Å². The van der Waals surface area contributed by atoms with Gasteiger partial charge in [-0.05, 0) is 31.4 Å². The maximum absolute atomic E-state index is 12.0. The summed E-state index contributed by atoms with van der Waals surface area (Å²) in [6.07, 6.45) is 6.99. The fourth-order valence-electron chi connectivity index (χ4n) is 1.89. The summed E-state index contributed by atoms with van der Waals surface area (Å²) in [4.78, 5) is 13.0. The summed E-state index contributed by atoms with van der Waals surface area (Å²) in [6, 6.07) is 5.82. The number of thioether (sulfide) groups is 1. The molecule has 3 nitrogen and oxygen atoms in total. The highest BCUT2D eigenvalue weighted by Crippen LogP contribution is 2.27. The van der Waals surface area contributed by atoms with E-state index >= 15 is 0 Å². The molecule has 0 heterocycles. The number of carbonyl (C=O) groups excluding carboxylic acids is 1. The zero-order chi connectivity index (χ0) is 15.2. The molecule has 0 saturated heterocycles. The fourth-order valence-corrected chi connectivity index (χ4v) is 2.74. The summed E-state index contributed by atoms with van der Waals surface area (Å²) >= 11 is 1.44. The first-order valence-electron chi connectivity index (χ1n) is 6.74. The standard InChI is InChI=1S/C16H22N2OS/c1-5-16(6-2,7-3)18-14(19)11-20-13-10-8-9-12(4)15(13)17/h1,8-10H,6-7,11,17H2,2-4H3,(H,18,19). The van der Waals surface area contributed by atoms with Crippen LogP contribution in [0.1, 0.15) is 32.3 Å². The van der Waals surface area contributed by atoms with Crippen LogP contribution in [0.25, 0.3) is 0 Å². The van der Waals surface area contributed by atoms with E-state index in [1.807, 2.05) is 39.0 Å². The Balaban J connectivity index is 2.64. The average Bonchev–Trinajstić information content (AvgIpc) is 2.46. The van der Waals surface area contributed by atoms with Gasteiger partial charge in [-0.2, -0.15) is 0 Å². The van der Waals surface area contributed by atoms with Gasteiger partial charge < -0.3 is 11.1 Å². The third-order valence-corrected chi connectivity index (χ3v) is 4.58. The molecule has 0 saturated carbocycles. The lowest BCUT2D eigenvalue weighted by Crippen LogP contribution is -2.47. The Labute approximate surface area is 125 Å². The van der Waals surface area contributed by atoms with Crippen molar-refractivity contribution in [3.63, 3.8) is 0 Å². The summed E-state index contributed by atoms with van der Waals surface area (Å²) in [5, 5.41) is 2.95. The quantitative estimate of drug-likeness (QED) is 0.481. The first kappa shape index (κ1) is 16.5. The molecule has 0 atom stereocenters. The van der Waals surface area contributed by atoms with Crippen molar-refractivity contribution in [3.8, 4) is 12.3 Å². The van der Waals surface area contributed by atoms with Crippen molar-refractivity contribution in [1.82, 2.24) is 5.32 Å². The average molecular weight is 290 g/mol. The van der Waals surface area contributed by atoms with E-state index in [0.29, 0.717) is 5.75 Å². The fraction of sp³-hybridized carbons (Fsp3) is 0.438. The lowest BCUT2D eigenvalue weighted by Gasteiger charge is -2.27. The SMILES string of the molecule is C#CC(CC)(CC)NC(=O)CSc1cccc(C)c1N. The highest BCUT2D eigenvalue weighted by molar-refractivity contribution is 8.00. The minimum Gasteiger partial charge on any atom is -0.398 e. The molecule has 1 rings (SSSR count). The van der Waals surface area contributed by atoms with Crippen molar-refractivity contribution in [2.75, 3.05) is 11.5 Å². The number of nitrogen functional groups attached to an aromatic ring is 1. The van der Waals surface area contributed by atoms with E-state index < -0.39 is 5.54 Å².